The van der Waals surface area contributed by atoms with E-state index >= 15 is 0 Å². The molecule has 1 nitrogen and oxygen atoms in total. The van der Waals surface area contributed by atoms with Gasteiger partial charge in [-0.1, -0.05) is 30.0 Å². The summed E-state index contributed by atoms with van der Waals surface area (Å²) in [6, 6.07) is 7.52. The van der Waals surface area contributed by atoms with Gasteiger partial charge in [-0.25, -0.2) is 0 Å². The highest BCUT2D eigenvalue weighted by Crippen LogP contribution is 2.30. The van der Waals surface area contributed by atoms with E-state index in [1.807, 2.05) is 18.2 Å². The summed E-state index contributed by atoms with van der Waals surface area (Å²) in [6.07, 6.45) is 3.29. The molecule has 1 aliphatic heterocycles. The number of nitrogens with one attached hydrogen (secondary N) is 1. The van der Waals surface area contributed by atoms with Crippen LogP contribution in [0.3, 0.4) is 0 Å². The summed E-state index contributed by atoms with van der Waals surface area (Å²) in [5, 5.41) is 3.36. The van der Waals surface area contributed by atoms with Crippen LogP contribution in [0.25, 0.3) is 0 Å². The molecule has 0 aromatic heterocycles. The fourth-order valence-electron chi connectivity index (χ4n) is 2.29. The molecule has 0 aliphatic carbocycles. The summed E-state index contributed by atoms with van der Waals surface area (Å²) < 4.78 is 24.9. The maximum Gasteiger partial charge on any atom is 0.288 e. The second-order valence-electron chi connectivity index (χ2n) is 4.40. The van der Waals surface area contributed by atoms with Gasteiger partial charge in [-0.3, -0.25) is 0 Å². The van der Waals surface area contributed by atoms with Crippen LogP contribution in [0.15, 0.2) is 29.2 Å². The van der Waals surface area contributed by atoms with E-state index in [1.165, 1.54) is 12.8 Å². The third kappa shape index (κ3) is 3.96. The third-order valence-electron chi connectivity index (χ3n) is 3.10. The van der Waals surface area contributed by atoms with Gasteiger partial charge in [-0.2, -0.15) is 8.78 Å². The number of rotatable bonds is 4. The molecule has 94 valence electrons. The SMILES string of the molecule is FC(F)Sc1ccccc1CC1CCCNC1. The average Bonchev–Trinajstić information content (AvgIpc) is 2.32. The van der Waals surface area contributed by atoms with E-state index in [1.54, 1.807) is 6.07 Å². The Morgan fingerprint density at radius 3 is 2.88 bits per heavy atom. The smallest absolute Gasteiger partial charge is 0.288 e. The Hall–Kier alpha value is -0.610. The van der Waals surface area contributed by atoms with Crippen LogP contribution in [-0.2, 0) is 6.42 Å². The van der Waals surface area contributed by atoms with Crippen molar-refractivity contribution in [3.63, 3.8) is 0 Å². The van der Waals surface area contributed by atoms with Crippen molar-refractivity contribution in [1.29, 1.82) is 0 Å². The number of piperidine rings is 1. The maximum atomic E-state index is 12.4. The fourth-order valence-corrected chi connectivity index (χ4v) is 2.94. The summed E-state index contributed by atoms with van der Waals surface area (Å²) in [5.74, 6) is -1.75. The highest BCUT2D eigenvalue weighted by atomic mass is 32.2. The zero-order valence-corrected chi connectivity index (χ0v) is 10.5. The predicted molar refractivity (Wildman–Crippen MR) is 67.6 cm³/mol. The molecule has 4 heteroatoms. The summed E-state index contributed by atoms with van der Waals surface area (Å²) in [6.45, 7) is 2.09. The molecule has 1 aromatic carbocycles. The standard InChI is InChI=1S/C13H17F2NS/c14-13(15)17-12-6-2-1-5-11(12)8-10-4-3-7-16-9-10/h1-2,5-6,10,13,16H,3-4,7-9H2. The highest BCUT2D eigenvalue weighted by molar-refractivity contribution is 7.99. The molecule has 1 N–H and O–H groups in total. The Morgan fingerprint density at radius 1 is 1.35 bits per heavy atom. The van der Waals surface area contributed by atoms with Crippen LogP contribution in [0.4, 0.5) is 8.78 Å². The van der Waals surface area contributed by atoms with Crippen LogP contribution in [0.5, 0.6) is 0 Å². The van der Waals surface area contributed by atoms with Crippen LogP contribution in [-0.4, -0.2) is 18.8 Å². The lowest BCUT2D eigenvalue weighted by atomic mass is 9.92. The van der Waals surface area contributed by atoms with Gasteiger partial charge in [-0.05, 0) is 49.9 Å². The zero-order valence-electron chi connectivity index (χ0n) is 9.66. The van der Waals surface area contributed by atoms with E-state index in [9.17, 15) is 8.78 Å². The van der Waals surface area contributed by atoms with Crippen molar-refractivity contribution >= 4 is 11.8 Å². The molecule has 1 fully saturated rings. The van der Waals surface area contributed by atoms with Crippen LogP contribution < -0.4 is 5.32 Å². The van der Waals surface area contributed by atoms with Crippen LogP contribution >= 0.6 is 11.8 Å². The predicted octanol–water partition coefficient (Wildman–Crippen LogP) is 3.54. The van der Waals surface area contributed by atoms with Crippen molar-refractivity contribution in [3.8, 4) is 0 Å². The lowest BCUT2D eigenvalue weighted by molar-refractivity contribution is 0.252. The van der Waals surface area contributed by atoms with Gasteiger partial charge in [0.2, 0.25) is 0 Å². The van der Waals surface area contributed by atoms with Gasteiger partial charge in [0.15, 0.2) is 0 Å². The van der Waals surface area contributed by atoms with Gasteiger partial charge < -0.3 is 5.32 Å². The van der Waals surface area contributed by atoms with Gasteiger partial charge in [-0.15, -0.1) is 0 Å². The van der Waals surface area contributed by atoms with Crippen LogP contribution in [0, 0.1) is 5.92 Å². The molecule has 0 saturated carbocycles. The minimum absolute atomic E-state index is 0.586. The Labute approximate surface area is 105 Å². The zero-order chi connectivity index (χ0) is 12.1. The minimum Gasteiger partial charge on any atom is -0.316 e. The highest BCUT2D eigenvalue weighted by Gasteiger charge is 2.16. The van der Waals surface area contributed by atoms with Crippen LogP contribution in [0.2, 0.25) is 0 Å². The Morgan fingerprint density at radius 2 is 2.18 bits per heavy atom. The van der Waals surface area contributed by atoms with Gasteiger partial charge in [0, 0.05) is 4.90 Å². The summed E-state index contributed by atoms with van der Waals surface area (Å²) in [5.41, 5.74) is 1.06. The monoisotopic (exact) mass is 257 g/mol. The molecular weight excluding hydrogens is 240 g/mol. The van der Waals surface area contributed by atoms with Crippen molar-refractivity contribution in [2.75, 3.05) is 13.1 Å². The van der Waals surface area contributed by atoms with E-state index in [0.717, 1.165) is 30.0 Å². The first kappa shape index (κ1) is 12.8. The molecule has 1 unspecified atom stereocenters. The molecule has 2 rings (SSSR count). The van der Waals surface area contributed by atoms with E-state index in [-0.39, 0.29) is 0 Å². The topological polar surface area (TPSA) is 12.0 Å². The Bertz CT molecular complexity index is 351. The maximum absolute atomic E-state index is 12.4. The molecule has 1 atom stereocenters. The third-order valence-corrected chi connectivity index (χ3v) is 3.93. The first-order chi connectivity index (χ1) is 8.25. The van der Waals surface area contributed by atoms with E-state index < -0.39 is 5.76 Å². The van der Waals surface area contributed by atoms with E-state index in [0.29, 0.717) is 17.7 Å². The van der Waals surface area contributed by atoms with Crippen molar-refractivity contribution in [2.24, 2.45) is 5.92 Å². The van der Waals surface area contributed by atoms with E-state index in [2.05, 4.69) is 5.32 Å². The molecule has 1 aliphatic rings. The molecular formula is C13H17F2NS. The van der Waals surface area contributed by atoms with Gasteiger partial charge in [0.1, 0.15) is 0 Å². The molecule has 0 amide bonds. The number of benzene rings is 1. The van der Waals surface area contributed by atoms with Gasteiger partial charge >= 0.3 is 0 Å². The summed E-state index contributed by atoms with van der Waals surface area (Å²) >= 11 is 0.660. The fraction of sp³-hybridized carbons (Fsp3) is 0.538. The molecule has 0 radical (unpaired) electrons. The first-order valence-corrected chi connectivity index (χ1v) is 6.87. The average molecular weight is 257 g/mol. The van der Waals surface area contributed by atoms with Crippen molar-refractivity contribution < 1.29 is 8.78 Å². The molecule has 0 spiro atoms. The minimum atomic E-state index is -2.33. The second-order valence-corrected chi connectivity index (χ2v) is 5.43. The molecule has 1 saturated heterocycles. The summed E-state index contributed by atoms with van der Waals surface area (Å²) in [7, 11) is 0. The Balaban J connectivity index is 2.03. The first-order valence-electron chi connectivity index (χ1n) is 5.99. The molecule has 1 heterocycles. The van der Waals surface area contributed by atoms with E-state index in [4.69, 9.17) is 0 Å². The second kappa shape index (κ2) is 6.36. The molecule has 0 bridgehead atoms. The van der Waals surface area contributed by atoms with Crippen molar-refractivity contribution in [3.05, 3.63) is 29.8 Å². The number of halogens is 2. The number of hydrogen-bond acceptors (Lipinski definition) is 2. The Kier molecular flexibility index (Phi) is 4.80. The quantitative estimate of drug-likeness (QED) is 0.828. The number of hydrogen-bond donors (Lipinski definition) is 1. The van der Waals surface area contributed by atoms with Crippen LogP contribution in [0.1, 0.15) is 18.4 Å². The van der Waals surface area contributed by atoms with Crippen molar-refractivity contribution in [1.82, 2.24) is 5.32 Å². The lowest BCUT2D eigenvalue weighted by Gasteiger charge is -2.23. The number of alkyl halides is 2. The van der Waals surface area contributed by atoms with Gasteiger partial charge in [0.05, 0.1) is 0 Å². The lowest BCUT2D eigenvalue weighted by Crippen LogP contribution is -2.30. The normalized spacial score (nSPS) is 20.8. The molecule has 1 aromatic rings. The number of thioether (sulfide) groups is 1. The largest absolute Gasteiger partial charge is 0.316 e. The summed E-state index contributed by atoms with van der Waals surface area (Å²) in [4.78, 5) is 0.730. The molecule has 17 heavy (non-hydrogen) atoms. The van der Waals surface area contributed by atoms with Crippen molar-refractivity contribution in [2.45, 2.75) is 29.9 Å². The van der Waals surface area contributed by atoms with Gasteiger partial charge in [0.25, 0.3) is 5.76 Å².